The number of esters is 1. The van der Waals surface area contributed by atoms with Crippen molar-refractivity contribution in [1.82, 2.24) is 4.90 Å². The van der Waals surface area contributed by atoms with Gasteiger partial charge in [0, 0.05) is 30.0 Å². The lowest BCUT2D eigenvalue weighted by Gasteiger charge is -2.51. The number of hydrogen-bond acceptors (Lipinski definition) is 6. The first-order chi connectivity index (χ1) is 14.7. The van der Waals surface area contributed by atoms with E-state index in [9.17, 15) is 9.59 Å². The zero-order valence-electron chi connectivity index (χ0n) is 23.1. The second kappa shape index (κ2) is 10.4. The molecule has 0 aliphatic carbocycles. The molecule has 1 amide bonds. The van der Waals surface area contributed by atoms with Crippen molar-refractivity contribution in [3.63, 3.8) is 0 Å². The topological polar surface area (TPSA) is 65.1 Å². The summed E-state index contributed by atoms with van der Waals surface area (Å²) in [6.45, 7) is 24.0. The molecule has 0 N–H and O–H groups in total. The molecule has 1 fully saturated rings. The van der Waals surface area contributed by atoms with Crippen LogP contribution in [-0.4, -0.2) is 59.7 Å². The Balaban J connectivity index is 2.92. The highest BCUT2D eigenvalue weighted by atomic mass is 32.1. The minimum absolute atomic E-state index is 0.0522. The van der Waals surface area contributed by atoms with Gasteiger partial charge < -0.3 is 19.1 Å². The Morgan fingerprint density at radius 1 is 1.12 bits per heavy atom. The molecule has 0 radical (unpaired) electrons. The van der Waals surface area contributed by atoms with Gasteiger partial charge in [-0.1, -0.05) is 34.6 Å². The van der Waals surface area contributed by atoms with Gasteiger partial charge >= 0.3 is 5.97 Å². The van der Waals surface area contributed by atoms with E-state index in [-0.39, 0.29) is 29.1 Å². The fourth-order valence-corrected chi connectivity index (χ4v) is 4.20. The van der Waals surface area contributed by atoms with Crippen molar-refractivity contribution < 1.29 is 23.8 Å². The van der Waals surface area contributed by atoms with Gasteiger partial charge in [-0.2, -0.15) is 0 Å². The molecule has 0 spiro atoms. The smallest absolute Gasteiger partial charge is 0.310 e. The Hall–Kier alpha value is -0.790. The SMILES string of the molecule is COC(=O)C1CN(C(C)(C)C(C)COC(C)(C)C(C)(C)CCOC(C)(C)S)C(=O)C(C)(C)C1. The molecule has 0 saturated carbocycles. The quantitative estimate of drug-likeness (QED) is 0.242. The van der Waals surface area contributed by atoms with Crippen molar-refractivity contribution >= 4 is 24.5 Å². The van der Waals surface area contributed by atoms with E-state index in [0.29, 0.717) is 26.2 Å². The number of rotatable bonds is 11. The minimum Gasteiger partial charge on any atom is -0.469 e. The largest absolute Gasteiger partial charge is 0.469 e. The summed E-state index contributed by atoms with van der Waals surface area (Å²) in [4.78, 5) is 27.1. The van der Waals surface area contributed by atoms with Crippen LogP contribution in [0.3, 0.4) is 0 Å². The first-order valence-electron chi connectivity index (χ1n) is 12.1. The number of hydrogen-bond donors (Lipinski definition) is 1. The van der Waals surface area contributed by atoms with E-state index in [4.69, 9.17) is 14.2 Å². The summed E-state index contributed by atoms with van der Waals surface area (Å²) in [6.07, 6.45) is 1.34. The van der Waals surface area contributed by atoms with Gasteiger partial charge in [0.2, 0.25) is 5.91 Å². The average molecular weight is 488 g/mol. The van der Waals surface area contributed by atoms with Crippen LogP contribution in [-0.2, 0) is 23.8 Å². The van der Waals surface area contributed by atoms with Crippen molar-refractivity contribution in [3.8, 4) is 0 Å². The van der Waals surface area contributed by atoms with E-state index in [2.05, 4.69) is 61.1 Å². The van der Waals surface area contributed by atoms with Crippen molar-refractivity contribution in [3.05, 3.63) is 0 Å². The van der Waals surface area contributed by atoms with Crippen LogP contribution >= 0.6 is 12.6 Å². The standard InChI is InChI=1S/C26H49NO5S/c1-18(17-32-25(8,9)23(4,5)13-14-31-26(10,11)33)24(6,7)27-16-19(20(28)30-12)15-22(2,3)21(27)29/h18-19,33H,13-17H2,1-12H3. The first-order valence-corrected chi connectivity index (χ1v) is 12.5. The minimum atomic E-state index is -0.614. The predicted octanol–water partition coefficient (Wildman–Crippen LogP) is 5.34. The Kier molecular flexibility index (Phi) is 9.58. The zero-order valence-corrected chi connectivity index (χ0v) is 24.0. The molecule has 33 heavy (non-hydrogen) atoms. The molecule has 1 heterocycles. The van der Waals surface area contributed by atoms with Crippen LogP contribution in [0.5, 0.6) is 0 Å². The maximum absolute atomic E-state index is 13.3. The molecule has 1 saturated heterocycles. The van der Waals surface area contributed by atoms with E-state index in [1.165, 1.54) is 7.11 Å². The normalized spacial score (nSPS) is 21.2. The molecule has 1 rings (SSSR count). The molecule has 0 bridgehead atoms. The lowest BCUT2D eigenvalue weighted by Crippen LogP contribution is -2.62. The maximum atomic E-state index is 13.3. The number of carbonyl (C=O) groups excluding carboxylic acids is 2. The highest BCUT2D eigenvalue weighted by Crippen LogP contribution is 2.41. The molecule has 2 atom stereocenters. The molecule has 6 nitrogen and oxygen atoms in total. The van der Waals surface area contributed by atoms with E-state index >= 15 is 0 Å². The van der Waals surface area contributed by atoms with Crippen LogP contribution < -0.4 is 0 Å². The number of amides is 1. The first kappa shape index (κ1) is 30.2. The van der Waals surface area contributed by atoms with Crippen LogP contribution in [0.1, 0.15) is 89.0 Å². The molecule has 0 aromatic rings. The Morgan fingerprint density at radius 3 is 2.15 bits per heavy atom. The highest BCUT2D eigenvalue weighted by molar-refractivity contribution is 7.81. The third-order valence-electron chi connectivity index (χ3n) is 7.93. The van der Waals surface area contributed by atoms with E-state index < -0.39 is 21.5 Å². The van der Waals surface area contributed by atoms with Gasteiger partial charge in [-0.25, -0.2) is 0 Å². The molecule has 1 aliphatic heterocycles. The molecule has 194 valence electrons. The van der Waals surface area contributed by atoms with Crippen molar-refractivity contribution in [2.45, 2.75) is 105 Å². The van der Waals surface area contributed by atoms with Crippen molar-refractivity contribution in [1.29, 1.82) is 0 Å². The summed E-state index contributed by atoms with van der Waals surface area (Å²) in [6, 6.07) is 0. The van der Waals surface area contributed by atoms with Crippen LogP contribution in [0.2, 0.25) is 0 Å². The second-order valence-corrected chi connectivity index (χ2v) is 13.6. The maximum Gasteiger partial charge on any atom is 0.310 e. The summed E-state index contributed by atoms with van der Waals surface area (Å²) in [7, 11) is 1.41. The zero-order chi connectivity index (χ0) is 26.0. The lowest BCUT2D eigenvalue weighted by atomic mass is 9.73. The van der Waals surface area contributed by atoms with Gasteiger partial charge in [-0.05, 0) is 59.8 Å². The number of thiol groups is 1. The number of piperidine rings is 1. The number of methoxy groups -OCH3 is 1. The molecule has 1 aliphatic rings. The van der Waals surface area contributed by atoms with Crippen LogP contribution in [0.4, 0.5) is 0 Å². The summed E-state index contributed by atoms with van der Waals surface area (Å²) in [5.74, 6) is -0.446. The van der Waals surface area contributed by atoms with Crippen LogP contribution in [0, 0.1) is 22.7 Å². The Labute approximate surface area is 207 Å². The number of nitrogens with zero attached hydrogens (tertiary/aromatic N) is 1. The third kappa shape index (κ3) is 7.60. The van der Waals surface area contributed by atoms with Crippen molar-refractivity contribution in [2.75, 3.05) is 26.9 Å². The molecule has 7 heteroatoms. The lowest BCUT2D eigenvalue weighted by molar-refractivity contribution is -0.168. The van der Waals surface area contributed by atoms with Gasteiger partial charge in [0.05, 0.1) is 25.2 Å². The van der Waals surface area contributed by atoms with Gasteiger partial charge in [-0.3, -0.25) is 9.59 Å². The number of ether oxygens (including phenoxy) is 3. The second-order valence-electron chi connectivity index (χ2n) is 12.5. The average Bonchev–Trinajstić information content (AvgIpc) is 2.65. The summed E-state index contributed by atoms with van der Waals surface area (Å²) in [5, 5.41) is 0. The summed E-state index contributed by atoms with van der Waals surface area (Å²) >= 11 is 4.44. The Bertz CT molecular complexity index is 693. The van der Waals surface area contributed by atoms with E-state index in [1.54, 1.807) is 0 Å². The van der Waals surface area contributed by atoms with Crippen molar-refractivity contribution in [2.24, 2.45) is 22.7 Å². The fraction of sp³-hybridized carbons (Fsp3) is 0.923. The molecule has 2 unspecified atom stereocenters. The van der Waals surface area contributed by atoms with Gasteiger partial charge in [0.1, 0.15) is 4.93 Å². The van der Waals surface area contributed by atoms with Gasteiger partial charge in [-0.15, -0.1) is 12.6 Å². The Morgan fingerprint density at radius 2 is 1.67 bits per heavy atom. The molecule has 0 aromatic heterocycles. The monoisotopic (exact) mass is 487 g/mol. The molecular weight excluding hydrogens is 438 g/mol. The van der Waals surface area contributed by atoms with Gasteiger partial charge in [0.15, 0.2) is 0 Å². The van der Waals surface area contributed by atoms with Gasteiger partial charge in [0.25, 0.3) is 0 Å². The molecule has 0 aromatic carbocycles. The summed E-state index contributed by atoms with van der Waals surface area (Å²) in [5.41, 5.74) is -1.63. The highest BCUT2D eigenvalue weighted by Gasteiger charge is 2.49. The number of likely N-dealkylation sites (tertiary alicyclic amines) is 1. The van der Waals surface area contributed by atoms with E-state index in [0.717, 1.165) is 6.42 Å². The molecular formula is C26H49NO5S. The number of carbonyl (C=O) groups is 2. The summed E-state index contributed by atoms with van der Waals surface area (Å²) < 4.78 is 17.3. The van der Waals surface area contributed by atoms with E-state index in [1.807, 2.05) is 32.6 Å². The third-order valence-corrected chi connectivity index (χ3v) is 8.06. The predicted molar refractivity (Wildman–Crippen MR) is 136 cm³/mol. The van der Waals surface area contributed by atoms with Crippen LogP contribution in [0.15, 0.2) is 0 Å². The van der Waals surface area contributed by atoms with Crippen LogP contribution in [0.25, 0.3) is 0 Å². The fourth-order valence-electron chi connectivity index (χ4n) is 4.11.